The zero-order valence-electron chi connectivity index (χ0n) is 16.1. The van der Waals surface area contributed by atoms with Crippen LogP contribution in [0.2, 0.25) is 0 Å². The third-order valence-corrected chi connectivity index (χ3v) is 5.69. The van der Waals surface area contributed by atoms with Crippen molar-refractivity contribution in [3.05, 3.63) is 30.6 Å². The summed E-state index contributed by atoms with van der Waals surface area (Å²) in [5.41, 5.74) is 1.68. The fourth-order valence-corrected chi connectivity index (χ4v) is 4.19. The van der Waals surface area contributed by atoms with Crippen LogP contribution in [0.4, 0.5) is 11.6 Å². The van der Waals surface area contributed by atoms with Gasteiger partial charge in [-0.15, -0.1) is 10.2 Å². The highest BCUT2D eigenvalue weighted by Crippen LogP contribution is 2.32. The highest BCUT2D eigenvalue weighted by atomic mass is 15.3. The van der Waals surface area contributed by atoms with Crippen LogP contribution in [-0.2, 0) is 0 Å². The van der Waals surface area contributed by atoms with Gasteiger partial charge >= 0.3 is 0 Å². The van der Waals surface area contributed by atoms with Crippen LogP contribution >= 0.6 is 0 Å². The molecule has 144 valence electrons. The van der Waals surface area contributed by atoms with Crippen LogP contribution in [0, 0.1) is 0 Å². The molecule has 0 N–H and O–H groups in total. The van der Waals surface area contributed by atoms with Crippen LogP contribution in [0.5, 0.6) is 0 Å². The summed E-state index contributed by atoms with van der Waals surface area (Å²) in [7, 11) is 0. The second kappa shape index (κ2) is 7.66. The van der Waals surface area contributed by atoms with Gasteiger partial charge in [-0.3, -0.25) is 4.98 Å². The Balaban J connectivity index is 1.65. The highest BCUT2D eigenvalue weighted by Gasteiger charge is 2.23. The van der Waals surface area contributed by atoms with Gasteiger partial charge in [0.25, 0.3) is 0 Å². The minimum Gasteiger partial charge on any atom is -0.355 e. The summed E-state index contributed by atoms with van der Waals surface area (Å²) in [6.07, 6.45) is 11.0. The molecule has 0 amide bonds. The molecular weight excluding hydrogens is 350 g/mol. The Kier molecular flexibility index (Phi) is 4.72. The van der Waals surface area contributed by atoms with Gasteiger partial charge in [0.2, 0.25) is 0 Å². The molecule has 0 aliphatic carbocycles. The Morgan fingerprint density at radius 1 is 0.714 bits per heavy atom. The van der Waals surface area contributed by atoms with Crippen molar-refractivity contribution in [3.8, 4) is 11.5 Å². The van der Waals surface area contributed by atoms with E-state index in [1.807, 2.05) is 24.4 Å². The Hall–Kier alpha value is -2.83. The molecule has 2 aliphatic rings. The van der Waals surface area contributed by atoms with E-state index in [1.54, 1.807) is 6.20 Å². The third kappa shape index (κ3) is 3.25. The highest BCUT2D eigenvalue weighted by molar-refractivity contribution is 5.96. The van der Waals surface area contributed by atoms with Crippen LogP contribution < -0.4 is 9.80 Å². The van der Waals surface area contributed by atoms with Crippen LogP contribution in [0.1, 0.15) is 38.5 Å². The van der Waals surface area contributed by atoms with E-state index in [4.69, 9.17) is 4.98 Å². The number of hydrogen-bond donors (Lipinski definition) is 0. The monoisotopic (exact) mass is 375 g/mol. The fraction of sp³-hybridized carbons (Fsp3) is 0.476. The average Bonchev–Trinajstić information content (AvgIpc) is 2.80. The number of nitrogens with zero attached hydrogens (tertiary/aromatic N) is 7. The van der Waals surface area contributed by atoms with E-state index in [1.165, 1.54) is 38.5 Å². The van der Waals surface area contributed by atoms with Crippen molar-refractivity contribution >= 4 is 22.5 Å². The summed E-state index contributed by atoms with van der Waals surface area (Å²) >= 11 is 0. The summed E-state index contributed by atoms with van der Waals surface area (Å²) in [4.78, 5) is 18.7. The number of pyridine rings is 1. The summed E-state index contributed by atoms with van der Waals surface area (Å²) in [6.45, 7) is 4.06. The van der Waals surface area contributed by atoms with Gasteiger partial charge in [0.15, 0.2) is 17.5 Å². The summed E-state index contributed by atoms with van der Waals surface area (Å²) in [5, 5.41) is 10.3. The van der Waals surface area contributed by atoms with E-state index in [0.29, 0.717) is 5.82 Å². The van der Waals surface area contributed by atoms with Crippen LogP contribution in [0.25, 0.3) is 22.4 Å². The largest absolute Gasteiger partial charge is 0.355 e. The first kappa shape index (κ1) is 17.3. The number of fused-ring (bicyclic) bond motifs is 1. The topological polar surface area (TPSA) is 70.9 Å². The lowest BCUT2D eigenvalue weighted by Gasteiger charge is -2.30. The molecule has 0 saturated carbocycles. The molecule has 0 atom stereocenters. The smallest absolute Gasteiger partial charge is 0.178 e. The summed E-state index contributed by atoms with van der Waals surface area (Å²) in [6, 6.07) is 5.82. The van der Waals surface area contributed by atoms with Gasteiger partial charge in [0.1, 0.15) is 11.2 Å². The zero-order valence-corrected chi connectivity index (χ0v) is 16.1. The van der Waals surface area contributed by atoms with E-state index in [-0.39, 0.29) is 0 Å². The molecule has 2 saturated heterocycles. The van der Waals surface area contributed by atoms with Gasteiger partial charge in [-0.05, 0) is 50.7 Å². The molecule has 0 bridgehead atoms. The lowest BCUT2D eigenvalue weighted by molar-refractivity contribution is 0.566. The van der Waals surface area contributed by atoms with Gasteiger partial charge in [0.05, 0.1) is 5.39 Å². The molecule has 2 aliphatic heterocycles. The fourth-order valence-electron chi connectivity index (χ4n) is 4.19. The second-order valence-corrected chi connectivity index (χ2v) is 7.61. The number of aromatic nitrogens is 5. The van der Waals surface area contributed by atoms with Crippen molar-refractivity contribution in [3.63, 3.8) is 0 Å². The van der Waals surface area contributed by atoms with Gasteiger partial charge in [-0.1, -0.05) is 6.07 Å². The van der Waals surface area contributed by atoms with Crippen LogP contribution in [0.3, 0.4) is 0 Å². The van der Waals surface area contributed by atoms with E-state index in [2.05, 4.69) is 30.0 Å². The molecule has 7 nitrogen and oxygen atoms in total. The van der Waals surface area contributed by atoms with Crippen molar-refractivity contribution < 1.29 is 0 Å². The first-order valence-electron chi connectivity index (χ1n) is 10.3. The van der Waals surface area contributed by atoms with Crippen molar-refractivity contribution in [1.82, 2.24) is 25.1 Å². The molecule has 2 fully saturated rings. The third-order valence-electron chi connectivity index (χ3n) is 5.69. The molecule has 7 heteroatoms. The Morgan fingerprint density at radius 3 is 2.07 bits per heavy atom. The summed E-state index contributed by atoms with van der Waals surface area (Å²) < 4.78 is 0. The number of piperidine rings is 2. The van der Waals surface area contributed by atoms with Crippen molar-refractivity contribution in [2.75, 3.05) is 36.0 Å². The minimum atomic E-state index is 0.643. The molecule has 0 unspecified atom stereocenters. The Labute approximate surface area is 164 Å². The predicted octanol–water partition coefficient (Wildman–Crippen LogP) is 3.46. The van der Waals surface area contributed by atoms with E-state index in [9.17, 15) is 0 Å². The van der Waals surface area contributed by atoms with E-state index >= 15 is 0 Å². The minimum absolute atomic E-state index is 0.643. The lowest BCUT2D eigenvalue weighted by atomic mass is 10.1. The molecule has 0 radical (unpaired) electrons. The molecule has 3 aromatic heterocycles. The molecule has 3 aromatic rings. The molecule has 5 heterocycles. The first-order valence-corrected chi connectivity index (χ1v) is 10.3. The molecule has 28 heavy (non-hydrogen) atoms. The first-order chi connectivity index (χ1) is 13.9. The van der Waals surface area contributed by atoms with Crippen LogP contribution in [-0.4, -0.2) is 51.3 Å². The molecule has 0 aromatic carbocycles. The molecular formula is C21H25N7. The SMILES string of the molecule is c1ccc(-c2ncc3c(N4CCCCC4)nnc(N4CCCCC4)c3n2)nc1. The predicted molar refractivity (Wildman–Crippen MR) is 110 cm³/mol. The van der Waals surface area contributed by atoms with Crippen LogP contribution in [0.15, 0.2) is 30.6 Å². The maximum Gasteiger partial charge on any atom is 0.178 e. The normalized spacial score (nSPS) is 17.9. The average molecular weight is 375 g/mol. The van der Waals surface area contributed by atoms with Crippen molar-refractivity contribution in [2.24, 2.45) is 0 Å². The van der Waals surface area contributed by atoms with E-state index < -0.39 is 0 Å². The Morgan fingerprint density at radius 2 is 1.39 bits per heavy atom. The molecule has 5 rings (SSSR count). The molecule has 0 spiro atoms. The number of hydrogen-bond acceptors (Lipinski definition) is 7. The maximum absolute atomic E-state index is 4.93. The van der Waals surface area contributed by atoms with Gasteiger partial charge in [0, 0.05) is 38.6 Å². The lowest BCUT2D eigenvalue weighted by Crippen LogP contribution is -2.33. The quantitative estimate of drug-likeness (QED) is 0.694. The number of anilines is 2. The standard InChI is InChI=1S/C21H25N7/c1-5-11-27(12-6-1)20-16-15-23-19(17-9-3-4-10-22-17)24-18(16)21(26-25-20)28-13-7-2-8-14-28/h3-4,9-10,15H,1-2,5-8,11-14H2. The van der Waals surface area contributed by atoms with Crippen molar-refractivity contribution in [2.45, 2.75) is 38.5 Å². The van der Waals surface area contributed by atoms with Gasteiger partial charge in [-0.25, -0.2) is 9.97 Å². The van der Waals surface area contributed by atoms with Gasteiger partial charge < -0.3 is 9.80 Å². The summed E-state index contributed by atoms with van der Waals surface area (Å²) in [5.74, 6) is 2.45. The number of rotatable bonds is 3. The second-order valence-electron chi connectivity index (χ2n) is 7.61. The maximum atomic E-state index is 4.93. The van der Waals surface area contributed by atoms with E-state index in [0.717, 1.165) is 54.4 Å². The van der Waals surface area contributed by atoms with Crippen molar-refractivity contribution in [1.29, 1.82) is 0 Å². The zero-order chi connectivity index (χ0) is 18.8. The van der Waals surface area contributed by atoms with Gasteiger partial charge in [-0.2, -0.15) is 0 Å². The Bertz CT molecular complexity index is 948.